The number of unbranched alkanes of at least 4 members (excludes halogenated alkanes) is 2. The van der Waals surface area contributed by atoms with Crippen molar-refractivity contribution in [2.24, 2.45) is 11.8 Å². The lowest BCUT2D eigenvalue weighted by Crippen LogP contribution is -2.53. The molecule has 2 N–H and O–H groups in total. The first-order valence-electron chi connectivity index (χ1n) is 11.6. The summed E-state index contributed by atoms with van der Waals surface area (Å²) >= 11 is 1.66. The van der Waals surface area contributed by atoms with E-state index in [1.165, 1.54) is 0 Å². The van der Waals surface area contributed by atoms with Crippen LogP contribution >= 0.6 is 11.8 Å². The maximum absolute atomic E-state index is 13.6. The van der Waals surface area contributed by atoms with E-state index in [1.807, 2.05) is 30.3 Å². The number of nitrogens with zero attached hydrogens (tertiary/aromatic N) is 1. The molecule has 2 bridgehead atoms. The van der Waals surface area contributed by atoms with E-state index >= 15 is 0 Å². The number of aliphatic hydroxyl groups is 1. The van der Waals surface area contributed by atoms with Crippen molar-refractivity contribution >= 4 is 29.5 Å². The van der Waals surface area contributed by atoms with Gasteiger partial charge in [0.05, 0.1) is 23.2 Å². The predicted molar refractivity (Wildman–Crippen MR) is 122 cm³/mol. The van der Waals surface area contributed by atoms with Gasteiger partial charge in [0, 0.05) is 24.9 Å². The fourth-order valence-corrected chi connectivity index (χ4v) is 7.86. The van der Waals surface area contributed by atoms with Crippen LogP contribution in [0.3, 0.4) is 0 Å². The van der Waals surface area contributed by atoms with Crippen molar-refractivity contribution in [1.29, 1.82) is 0 Å². The second-order valence-electron chi connectivity index (χ2n) is 8.83. The van der Waals surface area contributed by atoms with Gasteiger partial charge in [0.2, 0.25) is 11.8 Å². The molecule has 2 amide bonds. The maximum atomic E-state index is 13.6. The first-order valence-corrected chi connectivity index (χ1v) is 12.5. The Hall–Kier alpha value is -2.06. The third-order valence-electron chi connectivity index (χ3n) is 6.97. The van der Waals surface area contributed by atoms with E-state index in [2.05, 4.69) is 5.32 Å². The Labute approximate surface area is 193 Å². The minimum absolute atomic E-state index is 0.0314. The lowest BCUT2D eigenvalue weighted by Gasteiger charge is -2.34. The first kappa shape index (κ1) is 23.1. The minimum Gasteiger partial charge on any atom is -0.466 e. The topological polar surface area (TPSA) is 95.9 Å². The van der Waals surface area contributed by atoms with Gasteiger partial charge >= 0.3 is 5.97 Å². The zero-order valence-electron chi connectivity index (χ0n) is 18.5. The van der Waals surface area contributed by atoms with Crippen molar-refractivity contribution in [3.8, 4) is 0 Å². The normalized spacial score (nSPS) is 30.4. The summed E-state index contributed by atoms with van der Waals surface area (Å²) in [6, 6.07) is 9.12. The SMILES string of the molecule is CCOC(=O)[C@@H]1[C@@H]2CCC3(S2)C(C(=O)NCc2ccccc2)N(CCCCCO)C(=O)[C@H]13. The van der Waals surface area contributed by atoms with Gasteiger partial charge in [-0.3, -0.25) is 14.4 Å². The number of likely N-dealkylation sites (tertiary alicyclic amines) is 1. The molecule has 4 rings (SSSR count). The van der Waals surface area contributed by atoms with Crippen LogP contribution in [0.1, 0.15) is 44.6 Å². The fourth-order valence-electron chi connectivity index (χ4n) is 5.65. The Morgan fingerprint density at radius 3 is 2.75 bits per heavy atom. The number of benzene rings is 1. The van der Waals surface area contributed by atoms with Gasteiger partial charge in [-0.2, -0.15) is 0 Å². The molecule has 174 valence electrons. The predicted octanol–water partition coefficient (Wildman–Crippen LogP) is 2.12. The number of hydrogen-bond donors (Lipinski definition) is 2. The molecule has 0 radical (unpaired) electrons. The summed E-state index contributed by atoms with van der Waals surface area (Å²) in [6.07, 6.45) is 3.75. The van der Waals surface area contributed by atoms with E-state index < -0.39 is 22.6 Å². The summed E-state index contributed by atoms with van der Waals surface area (Å²) in [4.78, 5) is 41.6. The van der Waals surface area contributed by atoms with Crippen molar-refractivity contribution in [2.75, 3.05) is 19.8 Å². The van der Waals surface area contributed by atoms with Gasteiger partial charge in [0.15, 0.2) is 0 Å². The third kappa shape index (κ3) is 4.03. The van der Waals surface area contributed by atoms with Gasteiger partial charge in [-0.15, -0.1) is 11.8 Å². The van der Waals surface area contributed by atoms with Crippen molar-refractivity contribution in [3.05, 3.63) is 35.9 Å². The maximum Gasteiger partial charge on any atom is 0.310 e. The van der Waals surface area contributed by atoms with Crippen molar-refractivity contribution in [3.63, 3.8) is 0 Å². The van der Waals surface area contributed by atoms with Crippen molar-refractivity contribution in [1.82, 2.24) is 10.2 Å². The number of esters is 1. The Morgan fingerprint density at radius 2 is 2.03 bits per heavy atom. The fraction of sp³-hybridized carbons (Fsp3) is 0.625. The number of hydrogen-bond acceptors (Lipinski definition) is 6. The van der Waals surface area contributed by atoms with Crippen LogP contribution in [0.25, 0.3) is 0 Å². The smallest absolute Gasteiger partial charge is 0.310 e. The monoisotopic (exact) mass is 460 g/mol. The van der Waals surface area contributed by atoms with E-state index in [0.29, 0.717) is 19.5 Å². The molecule has 3 fully saturated rings. The van der Waals surface area contributed by atoms with Crippen LogP contribution < -0.4 is 5.32 Å². The molecule has 0 saturated carbocycles. The highest BCUT2D eigenvalue weighted by atomic mass is 32.2. The molecule has 8 heteroatoms. The molecular weight excluding hydrogens is 428 g/mol. The van der Waals surface area contributed by atoms with Crippen LogP contribution in [0.15, 0.2) is 30.3 Å². The number of aliphatic hydroxyl groups excluding tert-OH is 1. The minimum atomic E-state index is -0.590. The lowest BCUT2D eigenvalue weighted by atomic mass is 9.71. The number of fused-ring (bicyclic) bond motifs is 1. The van der Waals surface area contributed by atoms with Gasteiger partial charge in [0.25, 0.3) is 0 Å². The van der Waals surface area contributed by atoms with Gasteiger partial charge in [0.1, 0.15) is 6.04 Å². The summed E-state index contributed by atoms with van der Waals surface area (Å²) in [5.41, 5.74) is 1.00. The standard InChI is InChI=1S/C24H32N2O5S/c1-2-31-23(30)18-17-11-12-24(32-17)19(18)22(29)26(13-7-4-8-14-27)20(24)21(28)25-15-16-9-5-3-6-10-16/h3,5-6,9-10,17-20,27H,2,4,7-8,11-15H2,1H3,(H,25,28)/t17-,18+,19-,20?,24?/m0/s1. The van der Waals surface area contributed by atoms with Gasteiger partial charge in [-0.1, -0.05) is 30.3 Å². The van der Waals surface area contributed by atoms with Crippen LogP contribution in [-0.4, -0.2) is 63.6 Å². The van der Waals surface area contributed by atoms with E-state index in [9.17, 15) is 14.4 Å². The molecular formula is C24H32N2O5S. The highest BCUT2D eigenvalue weighted by Crippen LogP contribution is 2.66. The van der Waals surface area contributed by atoms with Crippen LogP contribution in [0.2, 0.25) is 0 Å². The van der Waals surface area contributed by atoms with Gasteiger partial charge in [-0.25, -0.2) is 0 Å². The second kappa shape index (κ2) is 9.83. The zero-order valence-corrected chi connectivity index (χ0v) is 19.3. The summed E-state index contributed by atoms with van der Waals surface area (Å²) in [5, 5.41) is 12.2. The van der Waals surface area contributed by atoms with E-state index in [4.69, 9.17) is 9.84 Å². The van der Waals surface area contributed by atoms with Crippen LogP contribution in [0.4, 0.5) is 0 Å². The first-order chi connectivity index (χ1) is 15.5. The van der Waals surface area contributed by atoms with E-state index in [-0.39, 0.29) is 36.2 Å². The molecule has 3 aliphatic rings. The Bertz CT molecular complexity index is 850. The van der Waals surface area contributed by atoms with E-state index in [0.717, 1.165) is 31.2 Å². The van der Waals surface area contributed by atoms with Gasteiger partial charge < -0.3 is 20.1 Å². The molecule has 3 aliphatic heterocycles. The Kier molecular flexibility index (Phi) is 7.10. The average Bonchev–Trinajstić information content (AvgIpc) is 3.43. The summed E-state index contributed by atoms with van der Waals surface area (Å²) in [7, 11) is 0. The zero-order chi connectivity index (χ0) is 22.7. The molecule has 32 heavy (non-hydrogen) atoms. The summed E-state index contributed by atoms with van der Waals surface area (Å²) in [5.74, 6) is -1.54. The quantitative estimate of drug-likeness (QED) is 0.410. The summed E-state index contributed by atoms with van der Waals surface area (Å²) < 4.78 is 4.76. The largest absolute Gasteiger partial charge is 0.466 e. The highest BCUT2D eigenvalue weighted by molar-refractivity contribution is 8.02. The highest BCUT2D eigenvalue weighted by Gasteiger charge is 2.73. The molecule has 0 aliphatic carbocycles. The Balaban J connectivity index is 1.58. The van der Waals surface area contributed by atoms with Crippen LogP contribution in [0.5, 0.6) is 0 Å². The molecule has 1 aromatic carbocycles. The van der Waals surface area contributed by atoms with Crippen molar-refractivity contribution < 1.29 is 24.2 Å². The molecule has 7 nitrogen and oxygen atoms in total. The molecule has 0 aromatic heterocycles. The molecule has 1 aromatic rings. The number of nitrogens with one attached hydrogen (secondary N) is 1. The average molecular weight is 461 g/mol. The second-order valence-corrected chi connectivity index (χ2v) is 10.4. The summed E-state index contributed by atoms with van der Waals surface area (Å²) in [6.45, 7) is 3.04. The number of carbonyl (C=O) groups excluding carboxylic acids is 3. The molecule has 5 atom stereocenters. The molecule has 3 saturated heterocycles. The van der Waals surface area contributed by atoms with Crippen LogP contribution in [-0.2, 0) is 25.7 Å². The third-order valence-corrected chi connectivity index (χ3v) is 8.93. The lowest BCUT2D eigenvalue weighted by molar-refractivity contribution is -0.153. The number of thioether (sulfide) groups is 1. The number of amides is 2. The molecule has 3 heterocycles. The Morgan fingerprint density at radius 1 is 1.25 bits per heavy atom. The number of ether oxygens (including phenoxy) is 1. The van der Waals surface area contributed by atoms with Crippen molar-refractivity contribution in [2.45, 2.75) is 61.6 Å². The van der Waals surface area contributed by atoms with Crippen LogP contribution in [0, 0.1) is 11.8 Å². The van der Waals surface area contributed by atoms with E-state index in [1.54, 1.807) is 23.6 Å². The number of rotatable bonds is 10. The molecule has 2 unspecified atom stereocenters. The van der Waals surface area contributed by atoms with Gasteiger partial charge in [-0.05, 0) is 44.6 Å². The number of carbonyl (C=O) groups is 3. The molecule has 1 spiro atoms.